The van der Waals surface area contributed by atoms with Crippen molar-refractivity contribution in [3.63, 3.8) is 0 Å². The van der Waals surface area contributed by atoms with Crippen LogP contribution in [0.4, 0.5) is 0 Å². The first-order valence-electron chi connectivity index (χ1n) is 5.58. The standard InChI is InChI=1S/C12H19NO2S/c1-4-8(2)9(3)13-6-11-5-10(7-16-11)12(14)15/h5,7-9,13H,4,6H2,1-3H3,(H,14,15). The number of aromatic carboxylic acids is 1. The minimum atomic E-state index is -0.850. The van der Waals surface area contributed by atoms with Gasteiger partial charge in [-0.1, -0.05) is 20.3 Å². The van der Waals surface area contributed by atoms with Gasteiger partial charge in [0.2, 0.25) is 0 Å². The van der Waals surface area contributed by atoms with Crippen LogP contribution >= 0.6 is 11.3 Å². The summed E-state index contributed by atoms with van der Waals surface area (Å²) in [6.45, 7) is 7.31. The van der Waals surface area contributed by atoms with E-state index in [0.29, 0.717) is 17.5 Å². The molecule has 0 aliphatic rings. The van der Waals surface area contributed by atoms with Gasteiger partial charge in [-0.3, -0.25) is 0 Å². The Kier molecular flexibility index (Phi) is 4.96. The normalized spacial score (nSPS) is 14.7. The lowest BCUT2D eigenvalue weighted by Gasteiger charge is -2.19. The molecule has 4 heteroatoms. The van der Waals surface area contributed by atoms with Crippen molar-refractivity contribution in [3.8, 4) is 0 Å². The van der Waals surface area contributed by atoms with Crippen molar-refractivity contribution in [1.82, 2.24) is 5.32 Å². The lowest BCUT2D eigenvalue weighted by atomic mass is 10.0. The maximum absolute atomic E-state index is 10.7. The predicted molar refractivity (Wildman–Crippen MR) is 67.0 cm³/mol. The fraction of sp³-hybridized carbons (Fsp3) is 0.583. The van der Waals surface area contributed by atoms with Crippen molar-refractivity contribution in [2.24, 2.45) is 5.92 Å². The van der Waals surface area contributed by atoms with Crippen LogP contribution in [0.2, 0.25) is 0 Å². The van der Waals surface area contributed by atoms with E-state index >= 15 is 0 Å². The lowest BCUT2D eigenvalue weighted by Crippen LogP contribution is -2.31. The molecule has 2 N–H and O–H groups in total. The molecule has 3 nitrogen and oxygen atoms in total. The van der Waals surface area contributed by atoms with Crippen molar-refractivity contribution < 1.29 is 9.90 Å². The van der Waals surface area contributed by atoms with Gasteiger partial charge in [-0.15, -0.1) is 11.3 Å². The quantitative estimate of drug-likeness (QED) is 0.805. The van der Waals surface area contributed by atoms with E-state index in [4.69, 9.17) is 5.11 Å². The van der Waals surface area contributed by atoms with Crippen molar-refractivity contribution in [1.29, 1.82) is 0 Å². The van der Waals surface area contributed by atoms with Crippen LogP contribution in [0.5, 0.6) is 0 Å². The van der Waals surface area contributed by atoms with Crippen molar-refractivity contribution >= 4 is 17.3 Å². The van der Waals surface area contributed by atoms with Crippen LogP contribution in [0.15, 0.2) is 11.4 Å². The average Bonchev–Trinajstić information content (AvgIpc) is 2.73. The number of carbonyl (C=O) groups is 1. The summed E-state index contributed by atoms with van der Waals surface area (Å²) in [5.41, 5.74) is 0.387. The third-order valence-corrected chi connectivity index (χ3v) is 3.93. The molecule has 1 rings (SSSR count). The molecule has 0 amide bonds. The Morgan fingerprint density at radius 3 is 2.75 bits per heavy atom. The van der Waals surface area contributed by atoms with Crippen molar-refractivity contribution in [2.75, 3.05) is 0 Å². The summed E-state index contributed by atoms with van der Waals surface area (Å²) in [5, 5.41) is 13.9. The molecule has 2 atom stereocenters. The van der Waals surface area contributed by atoms with Gasteiger partial charge < -0.3 is 10.4 Å². The van der Waals surface area contributed by atoms with Crippen LogP contribution in [0.1, 0.15) is 42.4 Å². The fourth-order valence-corrected chi connectivity index (χ4v) is 2.21. The van der Waals surface area contributed by atoms with Gasteiger partial charge in [-0.2, -0.15) is 0 Å². The smallest absolute Gasteiger partial charge is 0.336 e. The maximum Gasteiger partial charge on any atom is 0.336 e. The summed E-state index contributed by atoms with van der Waals surface area (Å²) >= 11 is 1.50. The Balaban J connectivity index is 2.45. The molecule has 0 aromatic carbocycles. The third kappa shape index (κ3) is 3.61. The topological polar surface area (TPSA) is 49.3 Å². The number of hydrogen-bond acceptors (Lipinski definition) is 3. The molecule has 2 unspecified atom stereocenters. The summed E-state index contributed by atoms with van der Waals surface area (Å²) in [6.07, 6.45) is 1.15. The second-order valence-electron chi connectivity index (χ2n) is 4.16. The van der Waals surface area contributed by atoms with Gasteiger partial charge >= 0.3 is 5.97 Å². The van der Waals surface area contributed by atoms with Crippen molar-refractivity contribution in [3.05, 3.63) is 21.9 Å². The van der Waals surface area contributed by atoms with Gasteiger partial charge in [-0.05, 0) is 18.9 Å². The summed E-state index contributed by atoms with van der Waals surface area (Å²) in [4.78, 5) is 11.8. The molecule has 1 heterocycles. The molecule has 0 spiro atoms. The van der Waals surface area contributed by atoms with Crippen LogP contribution in [0.25, 0.3) is 0 Å². The van der Waals surface area contributed by atoms with Gasteiger partial charge in [-0.25, -0.2) is 4.79 Å². The molecule has 0 fully saturated rings. The molecule has 0 saturated heterocycles. The monoisotopic (exact) mass is 241 g/mol. The minimum Gasteiger partial charge on any atom is -0.478 e. The maximum atomic E-state index is 10.7. The molecule has 0 bridgehead atoms. The Morgan fingerprint density at radius 2 is 2.25 bits per heavy atom. The van der Waals surface area contributed by atoms with Crippen LogP contribution in [-0.4, -0.2) is 17.1 Å². The molecule has 16 heavy (non-hydrogen) atoms. The first kappa shape index (κ1) is 13.2. The zero-order valence-corrected chi connectivity index (χ0v) is 10.8. The van der Waals surface area contributed by atoms with Crippen LogP contribution in [0, 0.1) is 5.92 Å². The van der Waals surface area contributed by atoms with E-state index in [9.17, 15) is 4.79 Å². The second-order valence-corrected chi connectivity index (χ2v) is 5.16. The molecule has 90 valence electrons. The average molecular weight is 241 g/mol. The Labute approximate surface area is 100 Å². The largest absolute Gasteiger partial charge is 0.478 e. The Morgan fingerprint density at radius 1 is 1.56 bits per heavy atom. The number of carboxylic acids is 1. The van der Waals surface area contributed by atoms with Gasteiger partial charge in [0.15, 0.2) is 0 Å². The first-order valence-corrected chi connectivity index (χ1v) is 6.46. The number of rotatable bonds is 6. The number of carboxylic acid groups (broad SMARTS) is 1. The minimum absolute atomic E-state index is 0.387. The van der Waals surface area contributed by atoms with E-state index in [2.05, 4.69) is 26.1 Å². The van der Waals surface area contributed by atoms with Crippen LogP contribution in [0.3, 0.4) is 0 Å². The van der Waals surface area contributed by atoms with Crippen LogP contribution in [-0.2, 0) is 6.54 Å². The second kappa shape index (κ2) is 6.01. The van der Waals surface area contributed by atoms with E-state index in [1.165, 1.54) is 11.3 Å². The summed E-state index contributed by atoms with van der Waals surface area (Å²) in [6, 6.07) is 2.20. The number of thiophene rings is 1. The summed E-state index contributed by atoms with van der Waals surface area (Å²) < 4.78 is 0. The van der Waals surface area contributed by atoms with E-state index in [-0.39, 0.29) is 0 Å². The van der Waals surface area contributed by atoms with Gasteiger partial charge in [0.25, 0.3) is 0 Å². The highest BCUT2D eigenvalue weighted by Crippen LogP contribution is 2.15. The highest BCUT2D eigenvalue weighted by molar-refractivity contribution is 7.10. The van der Waals surface area contributed by atoms with Crippen molar-refractivity contribution in [2.45, 2.75) is 39.8 Å². The van der Waals surface area contributed by atoms with E-state index in [0.717, 1.165) is 17.8 Å². The SMILES string of the molecule is CCC(C)C(C)NCc1cc(C(=O)O)cs1. The zero-order valence-electron chi connectivity index (χ0n) is 9.99. The van der Waals surface area contributed by atoms with E-state index in [1.54, 1.807) is 11.4 Å². The molecule has 0 aliphatic carbocycles. The van der Waals surface area contributed by atoms with Crippen LogP contribution < -0.4 is 5.32 Å². The summed E-state index contributed by atoms with van der Waals surface area (Å²) in [7, 11) is 0. The Hall–Kier alpha value is -0.870. The zero-order chi connectivity index (χ0) is 12.1. The Bertz CT molecular complexity index is 349. The molecular formula is C12H19NO2S. The molecule has 1 aromatic rings. The highest BCUT2D eigenvalue weighted by atomic mass is 32.1. The van der Waals surface area contributed by atoms with Gasteiger partial charge in [0, 0.05) is 22.8 Å². The third-order valence-electron chi connectivity index (χ3n) is 3.00. The summed E-state index contributed by atoms with van der Waals surface area (Å²) in [5.74, 6) is -0.212. The van der Waals surface area contributed by atoms with E-state index < -0.39 is 5.97 Å². The number of nitrogens with one attached hydrogen (secondary N) is 1. The molecule has 0 saturated carbocycles. The molecule has 0 radical (unpaired) electrons. The predicted octanol–water partition coefficient (Wildman–Crippen LogP) is 2.97. The molecule has 1 aromatic heterocycles. The molecular weight excluding hydrogens is 222 g/mol. The van der Waals surface area contributed by atoms with E-state index in [1.807, 2.05) is 0 Å². The first-order chi connectivity index (χ1) is 7.54. The van der Waals surface area contributed by atoms with Gasteiger partial charge in [0.05, 0.1) is 5.56 Å². The lowest BCUT2D eigenvalue weighted by molar-refractivity contribution is 0.0697. The fourth-order valence-electron chi connectivity index (χ4n) is 1.40. The molecule has 0 aliphatic heterocycles. The number of hydrogen-bond donors (Lipinski definition) is 2. The van der Waals surface area contributed by atoms with Gasteiger partial charge in [0.1, 0.15) is 0 Å². The highest BCUT2D eigenvalue weighted by Gasteiger charge is 2.11.